The Morgan fingerprint density at radius 1 is 1.00 bits per heavy atom. The van der Waals surface area contributed by atoms with E-state index in [1.807, 2.05) is 13.8 Å². The highest BCUT2D eigenvalue weighted by atomic mass is 16.7. The summed E-state index contributed by atoms with van der Waals surface area (Å²) in [5.41, 5.74) is 0.356. The zero-order valence-electron chi connectivity index (χ0n) is 13.2. The van der Waals surface area contributed by atoms with E-state index in [9.17, 15) is 0 Å². The van der Waals surface area contributed by atoms with E-state index in [4.69, 9.17) is 9.47 Å². The standard InChI is InChI=1S/C15H33NO2/c1-7-12-16-13(10-11-15(4,5)6)14(17-8-2)18-9-3/h13-14,16H,7-12H2,1-6H3. The highest BCUT2D eigenvalue weighted by molar-refractivity contribution is 4.74. The Kier molecular flexibility index (Phi) is 9.70. The number of hydrogen-bond donors (Lipinski definition) is 1. The van der Waals surface area contributed by atoms with Gasteiger partial charge in [0.25, 0.3) is 0 Å². The summed E-state index contributed by atoms with van der Waals surface area (Å²) in [5, 5.41) is 3.56. The van der Waals surface area contributed by atoms with Gasteiger partial charge in [-0.2, -0.15) is 0 Å². The molecule has 0 heterocycles. The molecule has 0 aromatic carbocycles. The third-order valence-corrected chi connectivity index (χ3v) is 2.85. The molecular weight excluding hydrogens is 226 g/mol. The van der Waals surface area contributed by atoms with Crippen LogP contribution in [0.15, 0.2) is 0 Å². The fraction of sp³-hybridized carbons (Fsp3) is 1.00. The molecule has 0 amide bonds. The second-order valence-corrected chi connectivity index (χ2v) is 5.94. The molecule has 1 N–H and O–H groups in total. The molecular formula is C15H33NO2. The average molecular weight is 259 g/mol. The topological polar surface area (TPSA) is 30.5 Å². The summed E-state index contributed by atoms with van der Waals surface area (Å²) in [6, 6.07) is 0.295. The lowest BCUT2D eigenvalue weighted by atomic mass is 9.88. The van der Waals surface area contributed by atoms with Crippen LogP contribution >= 0.6 is 0 Å². The van der Waals surface area contributed by atoms with E-state index in [0.29, 0.717) is 24.7 Å². The Labute approximate surface area is 114 Å². The van der Waals surface area contributed by atoms with Crippen molar-refractivity contribution in [2.24, 2.45) is 5.41 Å². The zero-order valence-corrected chi connectivity index (χ0v) is 13.2. The van der Waals surface area contributed by atoms with Crippen LogP contribution < -0.4 is 5.32 Å². The van der Waals surface area contributed by atoms with Gasteiger partial charge in [0.05, 0.1) is 6.04 Å². The minimum Gasteiger partial charge on any atom is -0.351 e. The second kappa shape index (κ2) is 9.76. The van der Waals surface area contributed by atoms with Gasteiger partial charge in [0.2, 0.25) is 0 Å². The van der Waals surface area contributed by atoms with Crippen LogP contribution in [0.25, 0.3) is 0 Å². The average Bonchev–Trinajstić information content (AvgIpc) is 2.28. The maximum absolute atomic E-state index is 5.72. The van der Waals surface area contributed by atoms with E-state index >= 15 is 0 Å². The molecule has 0 aromatic rings. The largest absolute Gasteiger partial charge is 0.351 e. The lowest BCUT2D eigenvalue weighted by molar-refractivity contribution is -0.155. The molecule has 18 heavy (non-hydrogen) atoms. The Bertz CT molecular complexity index is 183. The van der Waals surface area contributed by atoms with Gasteiger partial charge in [-0.25, -0.2) is 0 Å². The summed E-state index contributed by atoms with van der Waals surface area (Å²) >= 11 is 0. The summed E-state index contributed by atoms with van der Waals surface area (Å²) in [6.45, 7) is 15.5. The minimum atomic E-state index is -0.117. The van der Waals surface area contributed by atoms with Gasteiger partial charge in [0.1, 0.15) is 0 Å². The lowest BCUT2D eigenvalue weighted by Gasteiger charge is -2.30. The molecule has 110 valence electrons. The van der Waals surface area contributed by atoms with Crippen molar-refractivity contribution in [3.63, 3.8) is 0 Å². The van der Waals surface area contributed by atoms with E-state index in [2.05, 4.69) is 33.0 Å². The second-order valence-electron chi connectivity index (χ2n) is 5.94. The number of rotatable bonds is 10. The van der Waals surface area contributed by atoms with Crippen LogP contribution in [0.3, 0.4) is 0 Å². The van der Waals surface area contributed by atoms with Gasteiger partial charge >= 0.3 is 0 Å². The molecule has 3 heteroatoms. The fourth-order valence-corrected chi connectivity index (χ4v) is 1.86. The number of ether oxygens (including phenoxy) is 2. The first-order valence-electron chi connectivity index (χ1n) is 7.41. The first-order valence-corrected chi connectivity index (χ1v) is 7.41. The van der Waals surface area contributed by atoms with Crippen molar-refractivity contribution in [1.29, 1.82) is 0 Å². The summed E-state index contributed by atoms with van der Waals surface area (Å²) in [4.78, 5) is 0. The van der Waals surface area contributed by atoms with Gasteiger partial charge in [-0.15, -0.1) is 0 Å². The molecule has 0 spiro atoms. The lowest BCUT2D eigenvalue weighted by Crippen LogP contribution is -2.44. The van der Waals surface area contributed by atoms with E-state index in [-0.39, 0.29) is 6.29 Å². The van der Waals surface area contributed by atoms with Crippen LogP contribution in [0.4, 0.5) is 0 Å². The molecule has 0 bridgehead atoms. The van der Waals surface area contributed by atoms with Gasteiger partial charge < -0.3 is 14.8 Å². The van der Waals surface area contributed by atoms with E-state index in [1.165, 1.54) is 6.42 Å². The molecule has 0 aliphatic rings. The molecule has 0 rings (SSSR count). The predicted molar refractivity (Wildman–Crippen MR) is 77.8 cm³/mol. The van der Waals surface area contributed by atoms with Gasteiger partial charge in [-0.05, 0) is 45.1 Å². The van der Waals surface area contributed by atoms with E-state index < -0.39 is 0 Å². The molecule has 0 aromatic heterocycles. The number of nitrogens with one attached hydrogen (secondary N) is 1. The Balaban J connectivity index is 4.40. The summed E-state index contributed by atoms with van der Waals surface area (Å²) in [6.07, 6.45) is 3.28. The Hall–Kier alpha value is -0.120. The molecule has 0 saturated heterocycles. The van der Waals surface area contributed by atoms with Crippen LogP contribution in [0.5, 0.6) is 0 Å². The molecule has 1 unspecified atom stereocenters. The Morgan fingerprint density at radius 3 is 1.94 bits per heavy atom. The maximum atomic E-state index is 5.72. The quantitative estimate of drug-likeness (QED) is 0.608. The van der Waals surface area contributed by atoms with Gasteiger partial charge in [0, 0.05) is 13.2 Å². The minimum absolute atomic E-state index is 0.117. The molecule has 0 aliphatic carbocycles. The summed E-state index contributed by atoms with van der Waals surface area (Å²) in [7, 11) is 0. The van der Waals surface area contributed by atoms with Crippen molar-refractivity contribution in [2.75, 3.05) is 19.8 Å². The van der Waals surface area contributed by atoms with Crippen molar-refractivity contribution in [3.8, 4) is 0 Å². The van der Waals surface area contributed by atoms with Crippen LogP contribution in [-0.4, -0.2) is 32.1 Å². The summed E-state index contributed by atoms with van der Waals surface area (Å²) in [5.74, 6) is 0. The van der Waals surface area contributed by atoms with Gasteiger partial charge in [0.15, 0.2) is 6.29 Å². The van der Waals surface area contributed by atoms with Gasteiger partial charge in [-0.1, -0.05) is 27.7 Å². The van der Waals surface area contributed by atoms with Crippen molar-refractivity contribution in [1.82, 2.24) is 5.32 Å². The molecule has 0 saturated carbocycles. The molecule has 1 atom stereocenters. The molecule has 0 radical (unpaired) electrons. The van der Waals surface area contributed by atoms with E-state index in [1.54, 1.807) is 0 Å². The van der Waals surface area contributed by atoms with Crippen molar-refractivity contribution >= 4 is 0 Å². The molecule has 3 nitrogen and oxygen atoms in total. The molecule has 0 fully saturated rings. The molecule has 0 aliphatic heterocycles. The first kappa shape index (κ1) is 17.9. The van der Waals surface area contributed by atoms with Crippen molar-refractivity contribution < 1.29 is 9.47 Å². The third-order valence-electron chi connectivity index (χ3n) is 2.85. The number of hydrogen-bond acceptors (Lipinski definition) is 3. The zero-order chi connectivity index (χ0) is 14.0. The van der Waals surface area contributed by atoms with Crippen LogP contribution in [0.1, 0.15) is 60.8 Å². The monoisotopic (exact) mass is 259 g/mol. The highest BCUT2D eigenvalue weighted by Crippen LogP contribution is 2.23. The maximum Gasteiger partial charge on any atom is 0.172 e. The highest BCUT2D eigenvalue weighted by Gasteiger charge is 2.23. The van der Waals surface area contributed by atoms with E-state index in [0.717, 1.165) is 19.4 Å². The third kappa shape index (κ3) is 8.90. The summed E-state index contributed by atoms with van der Waals surface area (Å²) < 4.78 is 11.4. The van der Waals surface area contributed by atoms with Crippen LogP contribution in [0, 0.1) is 5.41 Å². The predicted octanol–water partition coefficient (Wildman–Crippen LogP) is 3.58. The Morgan fingerprint density at radius 2 is 1.56 bits per heavy atom. The SMILES string of the molecule is CCCNC(CCC(C)(C)C)C(OCC)OCC. The smallest absolute Gasteiger partial charge is 0.172 e. The van der Waals surface area contributed by atoms with Crippen molar-refractivity contribution in [3.05, 3.63) is 0 Å². The normalized spacial score (nSPS) is 14.2. The fourth-order valence-electron chi connectivity index (χ4n) is 1.86. The van der Waals surface area contributed by atoms with Gasteiger partial charge in [-0.3, -0.25) is 0 Å². The van der Waals surface area contributed by atoms with Crippen LogP contribution in [-0.2, 0) is 9.47 Å². The van der Waals surface area contributed by atoms with Crippen molar-refractivity contribution in [2.45, 2.75) is 73.1 Å². The first-order chi connectivity index (χ1) is 8.44. The van der Waals surface area contributed by atoms with Crippen LogP contribution in [0.2, 0.25) is 0 Å².